The highest BCUT2D eigenvalue weighted by molar-refractivity contribution is 5.78. The Morgan fingerprint density at radius 3 is 2.38 bits per heavy atom. The van der Waals surface area contributed by atoms with Crippen LogP contribution in [0.3, 0.4) is 0 Å². The van der Waals surface area contributed by atoms with Crippen LogP contribution in [-0.4, -0.2) is 12.1 Å². The van der Waals surface area contributed by atoms with E-state index in [-0.39, 0.29) is 6.04 Å². The maximum Gasteiger partial charge on any atom is 0.121 e. The van der Waals surface area contributed by atoms with Gasteiger partial charge in [-0.25, -0.2) is 5.01 Å². The fourth-order valence-corrected chi connectivity index (χ4v) is 3.59. The van der Waals surface area contributed by atoms with Gasteiger partial charge in [-0.1, -0.05) is 48.5 Å². The van der Waals surface area contributed by atoms with E-state index in [2.05, 4.69) is 59.4 Å². The SMILES string of the molecule is COc1ccc2c(c1)N(c1ccccc1N)N(Cc1ccccc1)C2C. The van der Waals surface area contributed by atoms with Crippen molar-refractivity contribution in [3.63, 3.8) is 0 Å². The van der Waals surface area contributed by atoms with Gasteiger partial charge in [0.1, 0.15) is 5.75 Å². The third-order valence-corrected chi connectivity index (χ3v) is 4.97. The van der Waals surface area contributed by atoms with Crippen molar-refractivity contribution in [2.45, 2.75) is 19.5 Å². The number of fused-ring (bicyclic) bond motifs is 1. The van der Waals surface area contributed by atoms with Crippen molar-refractivity contribution in [1.29, 1.82) is 0 Å². The zero-order valence-electron chi connectivity index (χ0n) is 15.1. The lowest BCUT2D eigenvalue weighted by atomic mass is 10.1. The molecule has 3 aromatic rings. The molecule has 0 fully saturated rings. The predicted molar refractivity (Wildman–Crippen MR) is 106 cm³/mol. The summed E-state index contributed by atoms with van der Waals surface area (Å²) in [4.78, 5) is 0. The molecule has 0 amide bonds. The molecule has 1 unspecified atom stereocenters. The van der Waals surface area contributed by atoms with Crippen LogP contribution in [0.25, 0.3) is 0 Å². The molecule has 26 heavy (non-hydrogen) atoms. The lowest BCUT2D eigenvalue weighted by molar-refractivity contribution is 0.227. The first-order chi connectivity index (χ1) is 12.7. The average molecular weight is 345 g/mol. The number of anilines is 3. The summed E-state index contributed by atoms with van der Waals surface area (Å²) in [6.45, 7) is 3.03. The molecule has 3 aromatic carbocycles. The van der Waals surface area contributed by atoms with Crippen molar-refractivity contribution >= 4 is 17.1 Å². The predicted octanol–water partition coefficient (Wildman–Crippen LogP) is 4.91. The number of para-hydroxylation sites is 2. The van der Waals surface area contributed by atoms with E-state index in [4.69, 9.17) is 10.5 Å². The van der Waals surface area contributed by atoms with Crippen molar-refractivity contribution in [2.75, 3.05) is 17.9 Å². The number of nitrogen functional groups attached to an aromatic ring is 1. The van der Waals surface area contributed by atoms with Gasteiger partial charge in [-0.3, -0.25) is 5.01 Å². The van der Waals surface area contributed by atoms with E-state index in [0.717, 1.165) is 29.4 Å². The molecule has 0 aromatic heterocycles. The molecule has 0 bridgehead atoms. The molecule has 1 aliphatic rings. The normalized spacial score (nSPS) is 16.5. The van der Waals surface area contributed by atoms with E-state index < -0.39 is 0 Å². The first kappa shape index (κ1) is 16.5. The van der Waals surface area contributed by atoms with Crippen molar-refractivity contribution in [2.24, 2.45) is 0 Å². The van der Waals surface area contributed by atoms with E-state index in [1.807, 2.05) is 30.3 Å². The molecule has 4 nitrogen and oxygen atoms in total. The summed E-state index contributed by atoms with van der Waals surface area (Å²) < 4.78 is 5.47. The third-order valence-electron chi connectivity index (χ3n) is 4.97. The highest BCUT2D eigenvalue weighted by Gasteiger charge is 2.35. The van der Waals surface area contributed by atoms with Gasteiger partial charge in [-0.2, -0.15) is 0 Å². The van der Waals surface area contributed by atoms with Gasteiger partial charge < -0.3 is 10.5 Å². The summed E-state index contributed by atoms with van der Waals surface area (Å²) in [6.07, 6.45) is 0. The highest BCUT2D eigenvalue weighted by atomic mass is 16.5. The Labute approximate surface area is 154 Å². The number of ether oxygens (including phenoxy) is 1. The summed E-state index contributed by atoms with van der Waals surface area (Å²) in [5, 5.41) is 4.58. The number of hydrazine groups is 1. The number of rotatable bonds is 4. The Hall–Kier alpha value is -2.98. The molecule has 0 spiro atoms. The largest absolute Gasteiger partial charge is 0.497 e. The third kappa shape index (κ3) is 2.78. The summed E-state index contributed by atoms with van der Waals surface area (Å²) in [5.74, 6) is 0.844. The van der Waals surface area contributed by atoms with Crippen LogP contribution in [-0.2, 0) is 6.54 Å². The molecule has 1 aliphatic heterocycles. The van der Waals surface area contributed by atoms with Gasteiger partial charge in [-0.15, -0.1) is 0 Å². The van der Waals surface area contributed by atoms with Crippen LogP contribution in [0.2, 0.25) is 0 Å². The molecule has 0 saturated heterocycles. The maximum atomic E-state index is 6.33. The second-order valence-electron chi connectivity index (χ2n) is 6.55. The summed E-state index contributed by atoms with van der Waals surface area (Å²) in [6, 6.07) is 25.0. The fourth-order valence-electron chi connectivity index (χ4n) is 3.59. The minimum atomic E-state index is 0.232. The maximum absolute atomic E-state index is 6.33. The molecule has 4 rings (SSSR count). The van der Waals surface area contributed by atoms with Gasteiger partial charge in [0.05, 0.1) is 30.2 Å². The average Bonchev–Trinajstić information content (AvgIpc) is 2.94. The van der Waals surface area contributed by atoms with Crippen LogP contribution in [0.1, 0.15) is 24.1 Å². The highest BCUT2D eigenvalue weighted by Crippen LogP contribution is 2.47. The smallest absolute Gasteiger partial charge is 0.121 e. The Morgan fingerprint density at radius 1 is 0.923 bits per heavy atom. The molecule has 0 aliphatic carbocycles. The van der Waals surface area contributed by atoms with Gasteiger partial charge in [0.2, 0.25) is 0 Å². The van der Waals surface area contributed by atoms with Gasteiger partial charge >= 0.3 is 0 Å². The first-order valence-electron chi connectivity index (χ1n) is 8.82. The van der Waals surface area contributed by atoms with Gasteiger partial charge in [-0.05, 0) is 36.2 Å². The van der Waals surface area contributed by atoms with E-state index in [1.54, 1.807) is 7.11 Å². The van der Waals surface area contributed by atoms with Crippen LogP contribution in [0.15, 0.2) is 72.8 Å². The molecule has 132 valence electrons. The lowest BCUT2D eigenvalue weighted by Gasteiger charge is -2.33. The molecule has 4 heteroatoms. The van der Waals surface area contributed by atoms with E-state index >= 15 is 0 Å². The standard InChI is InChI=1S/C22H23N3O/c1-16-19-13-12-18(26-2)14-22(19)25(21-11-7-6-10-20(21)23)24(16)15-17-8-4-3-5-9-17/h3-14,16H,15,23H2,1-2H3. The van der Waals surface area contributed by atoms with Crippen LogP contribution >= 0.6 is 0 Å². The molecule has 0 saturated carbocycles. The molecular formula is C22H23N3O. The zero-order valence-corrected chi connectivity index (χ0v) is 15.1. The first-order valence-corrected chi connectivity index (χ1v) is 8.82. The number of nitrogens with two attached hydrogens (primary N) is 1. The fraction of sp³-hybridized carbons (Fsp3) is 0.182. The number of hydrogen-bond donors (Lipinski definition) is 1. The van der Waals surface area contributed by atoms with Crippen molar-refractivity contribution in [3.8, 4) is 5.75 Å². The van der Waals surface area contributed by atoms with Crippen molar-refractivity contribution in [3.05, 3.63) is 83.9 Å². The van der Waals surface area contributed by atoms with Crippen LogP contribution < -0.4 is 15.5 Å². The topological polar surface area (TPSA) is 41.7 Å². The number of hydrogen-bond acceptors (Lipinski definition) is 4. The quantitative estimate of drug-likeness (QED) is 0.682. The molecule has 1 heterocycles. The van der Waals surface area contributed by atoms with Crippen molar-refractivity contribution < 1.29 is 4.74 Å². The Kier molecular flexibility index (Phi) is 4.27. The Balaban J connectivity index is 1.83. The van der Waals surface area contributed by atoms with E-state index in [1.165, 1.54) is 11.1 Å². The molecule has 1 atom stereocenters. The Morgan fingerprint density at radius 2 is 1.65 bits per heavy atom. The molecule has 2 N–H and O–H groups in total. The van der Waals surface area contributed by atoms with Crippen LogP contribution in [0.5, 0.6) is 5.75 Å². The second kappa shape index (κ2) is 6.73. The van der Waals surface area contributed by atoms with Gasteiger partial charge in [0, 0.05) is 12.6 Å². The van der Waals surface area contributed by atoms with Crippen LogP contribution in [0, 0.1) is 0 Å². The summed E-state index contributed by atoms with van der Waals surface area (Å²) >= 11 is 0. The second-order valence-corrected chi connectivity index (χ2v) is 6.55. The van der Waals surface area contributed by atoms with E-state index in [9.17, 15) is 0 Å². The number of benzene rings is 3. The van der Waals surface area contributed by atoms with Crippen molar-refractivity contribution in [1.82, 2.24) is 5.01 Å². The van der Waals surface area contributed by atoms with E-state index in [0.29, 0.717) is 0 Å². The Bertz CT molecular complexity index is 910. The van der Waals surface area contributed by atoms with Crippen LogP contribution in [0.4, 0.5) is 17.1 Å². The monoisotopic (exact) mass is 345 g/mol. The minimum absolute atomic E-state index is 0.232. The zero-order chi connectivity index (χ0) is 18.1. The van der Waals surface area contributed by atoms with Gasteiger partial charge in [0.25, 0.3) is 0 Å². The summed E-state index contributed by atoms with van der Waals surface area (Å²) in [7, 11) is 1.70. The number of methoxy groups -OCH3 is 1. The van der Waals surface area contributed by atoms with Gasteiger partial charge in [0.15, 0.2) is 0 Å². The summed E-state index contributed by atoms with van der Waals surface area (Å²) in [5.41, 5.74) is 11.7. The molecular weight excluding hydrogens is 322 g/mol. The molecule has 0 radical (unpaired) electrons. The minimum Gasteiger partial charge on any atom is -0.497 e. The lowest BCUT2D eigenvalue weighted by Crippen LogP contribution is -2.35. The number of nitrogens with zero attached hydrogens (tertiary/aromatic N) is 2.